The Morgan fingerprint density at radius 2 is 2.00 bits per heavy atom. The molecule has 0 saturated carbocycles. The number of hydrogen-bond acceptors (Lipinski definition) is 3. The van der Waals surface area contributed by atoms with Gasteiger partial charge in [-0.05, 0) is 45.2 Å². The lowest BCUT2D eigenvalue weighted by atomic mass is 9.84. The molecule has 1 N–H and O–H groups in total. The van der Waals surface area contributed by atoms with E-state index < -0.39 is 17.0 Å². The third kappa shape index (κ3) is 4.96. The van der Waals surface area contributed by atoms with E-state index >= 15 is 0 Å². The molecule has 2 radical (unpaired) electrons. The Bertz CT molecular complexity index is 578. The molecular weight excluding hydrogens is 296 g/mol. The van der Waals surface area contributed by atoms with E-state index in [9.17, 15) is 14.3 Å². The predicted molar refractivity (Wildman–Crippen MR) is 87.5 cm³/mol. The van der Waals surface area contributed by atoms with Gasteiger partial charge in [-0.2, -0.15) is 0 Å². The van der Waals surface area contributed by atoms with Gasteiger partial charge in [-0.1, -0.05) is 17.6 Å². The zero-order chi connectivity index (χ0) is 17.3. The Kier molecular flexibility index (Phi) is 5.04. The molecule has 6 heteroatoms. The number of ether oxygens (including phenoxy) is 1. The first-order valence-electron chi connectivity index (χ1n) is 7.82. The Morgan fingerprint density at radius 1 is 1.39 bits per heavy atom. The Labute approximate surface area is 138 Å². The standard InChI is InChI=1S/C17H23BFNO3/c1-16(2,3)23-15(21)20-8-6-17(22,7-9-20)11-12-4-5-13(18)10-14(12)19/h4-5,10,22H,6-9,11H2,1-3H3. The van der Waals surface area contributed by atoms with Crippen molar-refractivity contribution in [3.05, 3.63) is 29.6 Å². The molecule has 0 aliphatic carbocycles. The zero-order valence-corrected chi connectivity index (χ0v) is 13.9. The average molecular weight is 319 g/mol. The van der Waals surface area contributed by atoms with E-state index in [1.165, 1.54) is 6.07 Å². The molecule has 1 aliphatic rings. The smallest absolute Gasteiger partial charge is 0.410 e. The fourth-order valence-corrected chi connectivity index (χ4v) is 2.67. The summed E-state index contributed by atoms with van der Waals surface area (Å²) < 4.78 is 19.2. The number of piperidine rings is 1. The van der Waals surface area contributed by atoms with Gasteiger partial charge in [0.2, 0.25) is 0 Å². The van der Waals surface area contributed by atoms with E-state index in [1.54, 1.807) is 17.0 Å². The summed E-state index contributed by atoms with van der Waals surface area (Å²) in [5.41, 5.74) is -0.765. The fraction of sp³-hybridized carbons (Fsp3) is 0.588. The van der Waals surface area contributed by atoms with Crippen LogP contribution in [0.4, 0.5) is 9.18 Å². The van der Waals surface area contributed by atoms with Crippen LogP contribution >= 0.6 is 0 Å². The second-order valence-corrected chi connectivity index (χ2v) is 7.22. The minimum absolute atomic E-state index is 0.210. The molecule has 1 heterocycles. The lowest BCUT2D eigenvalue weighted by Gasteiger charge is -2.38. The predicted octanol–water partition coefficient (Wildman–Crippen LogP) is 1.92. The van der Waals surface area contributed by atoms with E-state index in [4.69, 9.17) is 12.6 Å². The van der Waals surface area contributed by atoms with Gasteiger partial charge in [0.1, 0.15) is 19.3 Å². The number of aliphatic hydroxyl groups is 1. The largest absolute Gasteiger partial charge is 0.444 e. The van der Waals surface area contributed by atoms with Crippen LogP contribution in [0.25, 0.3) is 0 Å². The number of likely N-dealkylation sites (tertiary alicyclic amines) is 1. The Hall–Kier alpha value is -1.56. The molecule has 0 unspecified atom stereocenters. The average Bonchev–Trinajstić information content (AvgIpc) is 2.41. The molecule has 1 fully saturated rings. The number of amides is 1. The van der Waals surface area contributed by atoms with Gasteiger partial charge in [0.15, 0.2) is 0 Å². The molecule has 1 aromatic carbocycles. The fourth-order valence-electron chi connectivity index (χ4n) is 2.67. The van der Waals surface area contributed by atoms with Crippen LogP contribution in [0, 0.1) is 5.82 Å². The third-order valence-electron chi connectivity index (χ3n) is 3.94. The molecule has 124 valence electrons. The van der Waals surface area contributed by atoms with Crippen molar-refractivity contribution in [3.63, 3.8) is 0 Å². The van der Waals surface area contributed by atoms with Gasteiger partial charge in [0, 0.05) is 19.5 Å². The van der Waals surface area contributed by atoms with Crippen LogP contribution in [0.15, 0.2) is 18.2 Å². The summed E-state index contributed by atoms with van der Waals surface area (Å²) in [6, 6.07) is 4.48. The monoisotopic (exact) mass is 319 g/mol. The molecule has 4 nitrogen and oxygen atoms in total. The van der Waals surface area contributed by atoms with Gasteiger partial charge in [-0.3, -0.25) is 0 Å². The van der Waals surface area contributed by atoms with Crippen LogP contribution in [0.5, 0.6) is 0 Å². The summed E-state index contributed by atoms with van der Waals surface area (Å²) in [7, 11) is 5.53. The highest BCUT2D eigenvalue weighted by Crippen LogP contribution is 2.28. The molecule has 23 heavy (non-hydrogen) atoms. The van der Waals surface area contributed by atoms with Crippen LogP contribution in [0.1, 0.15) is 39.2 Å². The van der Waals surface area contributed by atoms with Crippen LogP contribution in [-0.4, -0.2) is 48.2 Å². The molecule has 0 atom stereocenters. The van der Waals surface area contributed by atoms with Crippen molar-refractivity contribution in [2.75, 3.05) is 13.1 Å². The summed E-state index contributed by atoms with van der Waals surface area (Å²) in [5.74, 6) is -0.409. The van der Waals surface area contributed by atoms with Crippen LogP contribution in [0.2, 0.25) is 0 Å². The van der Waals surface area contributed by atoms with E-state index in [-0.39, 0.29) is 12.5 Å². The van der Waals surface area contributed by atoms with Gasteiger partial charge in [0.05, 0.1) is 5.60 Å². The molecule has 1 saturated heterocycles. The molecule has 2 rings (SSSR count). The minimum atomic E-state index is -1.02. The second-order valence-electron chi connectivity index (χ2n) is 7.22. The SMILES string of the molecule is [B]c1ccc(CC2(O)CCN(C(=O)OC(C)(C)C)CC2)c(F)c1. The third-order valence-corrected chi connectivity index (χ3v) is 3.94. The van der Waals surface area contributed by atoms with Crippen molar-refractivity contribution in [2.24, 2.45) is 0 Å². The van der Waals surface area contributed by atoms with Crippen molar-refractivity contribution in [1.29, 1.82) is 0 Å². The van der Waals surface area contributed by atoms with Crippen LogP contribution in [0.3, 0.4) is 0 Å². The molecule has 0 bridgehead atoms. The summed E-state index contributed by atoms with van der Waals surface area (Å²) >= 11 is 0. The van der Waals surface area contributed by atoms with Gasteiger partial charge >= 0.3 is 6.09 Å². The maximum atomic E-state index is 13.9. The van der Waals surface area contributed by atoms with Crippen molar-refractivity contribution < 1.29 is 19.0 Å². The second kappa shape index (κ2) is 6.52. The number of nitrogens with zero attached hydrogens (tertiary/aromatic N) is 1. The molecule has 1 aliphatic heterocycles. The maximum Gasteiger partial charge on any atom is 0.410 e. The lowest BCUT2D eigenvalue weighted by Crippen LogP contribution is -2.49. The Morgan fingerprint density at radius 3 is 2.52 bits per heavy atom. The van der Waals surface area contributed by atoms with E-state index in [0.717, 1.165) is 0 Å². The van der Waals surface area contributed by atoms with E-state index in [0.29, 0.717) is 37.0 Å². The van der Waals surface area contributed by atoms with Crippen molar-refractivity contribution in [1.82, 2.24) is 4.90 Å². The molecule has 0 spiro atoms. The first-order chi connectivity index (χ1) is 10.6. The minimum Gasteiger partial charge on any atom is -0.444 e. The number of benzene rings is 1. The van der Waals surface area contributed by atoms with Gasteiger partial charge in [-0.15, -0.1) is 0 Å². The van der Waals surface area contributed by atoms with Crippen LogP contribution < -0.4 is 5.46 Å². The highest BCUT2D eigenvalue weighted by atomic mass is 19.1. The van der Waals surface area contributed by atoms with Crippen LogP contribution in [-0.2, 0) is 11.2 Å². The first-order valence-corrected chi connectivity index (χ1v) is 7.82. The molecule has 1 amide bonds. The molecule has 1 aromatic rings. The lowest BCUT2D eigenvalue weighted by molar-refractivity contribution is -0.0319. The maximum absolute atomic E-state index is 13.9. The highest BCUT2D eigenvalue weighted by molar-refractivity contribution is 6.32. The summed E-state index contributed by atoms with van der Waals surface area (Å²) in [6.07, 6.45) is 0.603. The highest BCUT2D eigenvalue weighted by Gasteiger charge is 2.36. The van der Waals surface area contributed by atoms with Gasteiger partial charge in [0.25, 0.3) is 0 Å². The molecule has 0 aromatic heterocycles. The zero-order valence-electron chi connectivity index (χ0n) is 13.9. The Balaban J connectivity index is 1.95. The van der Waals surface area contributed by atoms with E-state index in [2.05, 4.69) is 0 Å². The number of hydrogen-bond donors (Lipinski definition) is 1. The molecular formula is C17H23BFNO3. The van der Waals surface area contributed by atoms with Gasteiger partial charge in [-0.25, -0.2) is 9.18 Å². The normalized spacial score (nSPS) is 17.9. The number of carbonyl (C=O) groups is 1. The van der Waals surface area contributed by atoms with Gasteiger partial charge < -0.3 is 14.7 Å². The van der Waals surface area contributed by atoms with Crippen molar-refractivity contribution >= 4 is 19.4 Å². The summed E-state index contributed by atoms with van der Waals surface area (Å²) in [5, 5.41) is 10.7. The summed E-state index contributed by atoms with van der Waals surface area (Å²) in [6.45, 7) is 6.23. The number of rotatable bonds is 2. The number of halogens is 1. The topological polar surface area (TPSA) is 49.8 Å². The quantitative estimate of drug-likeness (QED) is 0.848. The van der Waals surface area contributed by atoms with Crippen molar-refractivity contribution in [2.45, 2.75) is 51.2 Å². The van der Waals surface area contributed by atoms with Crippen molar-refractivity contribution in [3.8, 4) is 0 Å². The first kappa shape index (κ1) is 17.8. The summed E-state index contributed by atoms with van der Waals surface area (Å²) in [4.78, 5) is 13.6. The number of carbonyl (C=O) groups excluding carboxylic acids is 1. The van der Waals surface area contributed by atoms with E-state index in [1.807, 2.05) is 20.8 Å².